The molecular formula is C18H21ClN6O4. The number of rotatable bonds is 3. The summed E-state index contributed by atoms with van der Waals surface area (Å²) in [7, 11) is 2.51. The molecule has 0 unspecified atom stereocenters. The first kappa shape index (κ1) is 20.5. The number of H-pyrrole nitrogens is 1. The summed E-state index contributed by atoms with van der Waals surface area (Å²) in [4.78, 5) is 26.3. The lowest BCUT2D eigenvalue weighted by atomic mass is 9.92. The lowest BCUT2D eigenvalue weighted by Gasteiger charge is -2.14. The van der Waals surface area contributed by atoms with Crippen molar-refractivity contribution in [3.8, 4) is 11.4 Å². The van der Waals surface area contributed by atoms with Gasteiger partial charge in [-0.3, -0.25) is 10.6 Å². The molecule has 1 aromatic carbocycles. The summed E-state index contributed by atoms with van der Waals surface area (Å²) in [5, 5.41) is 14.5. The highest BCUT2D eigenvalue weighted by molar-refractivity contribution is 6.34. The summed E-state index contributed by atoms with van der Waals surface area (Å²) in [6.45, 7) is 6.02. The Morgan fingerprint density at radius 1 is 1.03 bits per heavy atom. The summed E-state index contributed by atoms with van der Waals surface area (Å²) in [6, 6.07) is 4.88. The zero-order valence-corrected chi connectivity index (χ0v) is 17.3. The van der Waals surface area contributed by atoms with Gasteiger partial charge >= 0.3 is 12.2 Å². The molecular weight excluding hydrogens is 400 g/mol. The fraction of sp³-hybridized carbons (Fsp3) is 0.333. The van der Waals surface area contributed by atoms with Gasteiger partial charge in [0.25, 0.3) is 0 Å². The van der Waals surface area contributed by atoms with E-state index in [1.165, 1.54) is 18.8 Å². The predicted octanol–water partition coefficient (Wildman–Crippen LogP) is 4.03. The van der Waals surface area contributed by atoms with Gasteiger partial charge in [0.2, 0.25) is 0 Å². The van der Waals surface area contributed by atoms with Gasteiger partial charge in [0, 0.05) is 22.4 Å². The fourth-order valence-corrected chi connectivity index (χ4v) is 3.10. The number of carbonyl (C=O) groups is 2. The molecule has 0 saturated carbocycles. The van der Waals surface area contributed by atoms with E-state index in [4.69, 9.17) is 11.6 Å². The zero-order valence-electron chi connectivity index (χ0n) is 16.6. The van der Waals surface area contributed by atoms with Gasteiger partial charge in [-0.05, 0) is 18.2 Å². The smallest absolute Gasteiger partial charge is 0.411 e. The summed E-state index contributed by atoms with van der Waals surface area (Å²) < 4.78 is 10.7. The first-order valence-electron chi connectivity index (χ1n) is 8.62. The number of anilines is 2. The number of nitrogens with zero attached hydrogens (tertiary/aromatic N) is 3. The van der Waals surface area contributed by atoms with Crippen LogP contribution in [-0.2, 0) is 14.9 Å². The van der Waals surface area contributed by atoms with Crippen molar-refractivity contribution in [2.45, 2.75) is 26.2 Å². The summed E-state index contributed by atoms with van der Waals surface area (Å²) in [5.74, 6) is 0.441. The second kappa shape index (κ2) is 7.63. The molecule has 0 spiro atoms. The molecule has 3 rings (SSSR count). The van der Waals surface area contributed by atoms with Crippen LogP contribution in [0.3, 0.4) is 0 Å². The third kappa shape index (κ3) is 4.27. The SMILES string of the molecule is COC(=O)Nc1cc(NC(=O)OC)cc(-c2nn3nc(C(C)(C)C)c(Cl)c3[nH]2)c1. The number of nitrogens with one attached hydrogen (secondary N) is 3. The molecule has 0 fully saturated rings. The molecule has 11 heteroatoms. The van der Waals surface area contributed by atoms with Crippen LogP contribution in [0.2, 0.25) is 5.02 Å². The van der Waals surface area contributed by atoms with Gasteiger partial charge in [0.15, 0.2) is 11.5 Å². The van der Waals surface area contributed by atoms with Gasteiger partial charge < -0.3 is 14.5 Å². The summed E-state index contributed by atoms with van der Waals surface area (Å²) in [5.41, 5.74) is 2.36. The van der Waals surface area contributed by atoms with Crippen LogP contribution in [0, 0.1) is 0 Å². The summed E-state index contributed by atoms with van der Waals surface area (Å²) in [6.07, 6.45) is -1.31. The minimum absolute atomic E-state index is 0.242. The molecule has 2 aromatic heterocycles. The highest BCUT2D eigenvalue weighted by atomic mass is 35.5. The molecule has 154 valence electrons. The van der Waals surface area contributed by atoms with E-state index in [2.05, 4.69) is 35.3 Å². The van der Waals surface area contributed by atoms with Crippen LogP contribution in [0.25, 0.3) is 17.0 Å². The van der Waals surface area contributed by atoms with Gasteiger partial charge in [-0.25, -0.2) is 9.59 Å². The topological polar surface area (TPSA) is 123 Å². The molecule has 0 saturated heterocycles. The molecule has 0 aliphatic carbocycles. The number of hydrogen-bond donors (Lipinski definition) is 3. The van der Waals surface area contributed by atoms with E-state index in [0.717, 1.165) is 5.69 Å². The van der Waals surface area contributed by atoms with Crippen molar-refractivity contribution in [2.24, 2.45) is 0 Å². The maximum absolute atomic E-state index is 11.6. The van der Waals surface area contributed by atoms with E-state index in [1.54, 1.807) is 18.2 Å². The Morgan fingerprint density at radius 2 is 1.59 bits per heavy atom. The van der Waals surface area contributed by atoms with Gasteiger partial charge in [-0.2, -0.15) is 5.10 Å². The lowest BCUT2D eigenvalue weighted by Crippen LogP contribution is -2.13. The van der Waals surface area contributed by atoms with E-state index >= 15 is 0 Å². The molecule has 2 amide bonds. The zero-order chi connectivity index (χ0) is 21.3. The Bertz CT molecular complexity index is 1050. The molecule has 29 heavy (non-hydrogen) atoms. The first-order chi connectivity index (χ1) is 13.6. The Morgan fingerprint density at radius 3 is 2.03 bits per heavy atom. The van der Waals surface area contributed by atoms with Crippen LogP contribution in [0.4, 0.5) is 21.0 Å². The number of amides is 2. The number of carbonyl (C=O) groups excluding carboxylic acids is 2. The predicted molar refractivity (Wildman–Crippen MR) is 109 cm³/mol. The highest BCUT2D eigenvalue weighted by Crippen LogP contribution is 2.32. The molecule has 0 bridgehead atoms. The number of methoxy groups -OCH3 is 2. The molecule has 0 aliphatic rings. The molecule has 3 N–H and O–H groups in total. The maximum Gasteiger partial charge on any atom is 0.411 e. The minimum Gasteiger partial charge on any atom is -0.453 e. The molecule has 0 aliphatic heterocycles. The third-order valence-electron chi connectivity index (χ3n) is 4.02. The number of hydrogen-bond acceptors (Lipinski definition) is 6. The molecule has 0 radical (unpaired) electrons. The van der Waals surface area contributed by atoms with Crippen LogP contribution in [0.5, 0.6) is 0 Å². The minimum atomic E-state index is -0.654. The Labute approximate surface area is 171 Å². The van der Waals surface area contributed by atoms with Crippen molar-refractivity contribution >= 4 is 40.8 Å². The number of halogens is 1. The Kier molecular flexibility index (Phi) is 5.38. The normalized spacial score (nSPS) is 11.4. The maximum atomic E-state index is 11.6. The first-order valence-corrected chi connectivity index (χ1v) is 9.00. The molecule has 10 nitrogen and oxygen atoms in total. The van der Waals surface area contributed by atoms with Crippen molar-refractivity contribution < 1.29 is 19.1 Å². The van der Waals surface area contributed by atoms with Gasteiger partial charge in [0.05, 0.1) is 19.9 Å². The van der Waals surface area contributed by atoms with Crippen molar-refractivity contribution in [3.63, 3.8) is 0 Å². The third-order valence-corrected chi connectivity index (χ3v) is 4.38. The van der Waals surface area contributed by atoms with Crippen LogP contribution in [0.15, 0.2) is 18.2 Å². The van der Waals surface area contributed by atoms with Crippen molar-refractivity contribution in [1.29, 1.82) is 0 Å². The Hall–Kier alpha value is -3.27. The summed E-state index contributed by atoms with van der Waals surface area (Å²) >= 11 is 6.48. The monoisotopic (exact) mass is 420 g/mol. The van der Waals surface area contributed by atoms with Crippen molar-refractivity contribution in [1.82, 2.24) is 19.8 Å². The van der Waals surface area contributed by atoms with E-state index in [9.17, 15) is 9.59 Å². The van der Waals surface area contributed by atoms with E-state index in [0.29, 0.717) is 33.4 Å². The second-order valence-electron chi connectivity index (χ2n) is 7.26. The molecule has 3 aromatic rings. The van der Waals surface area contributed by atoms with Crippen LogP contribution >= 0.6 is 11.6 Å². The van der Waals surface area contributed by atoms with Crippen LogP contribution in [0.1, 0.15) is 26.5 Å². The average Bonchev–Trinajstić information content (AvgIpc) is 3.20. The van der Waals surface area contributed by atoms with Gasteiger partial charge in [-0.15, -0.1) is 9.73 Å². The van der Waals surface area contributed by atoms with E-state index < -0.39 is 12.2 Å². The largest absolute Gasteiger partial charge is 0.453 e. The van der Waals surface area contributed by atoms with Crippen molar-refractivity contribution in [2.75, 3.05) is 24.9 Å². The van der Waals surface area contributed by atoms with Gasteiger partial charge in [-0.1, -0.05) is 32.4 Å². The van der Waals surface area contributed by atoms with Gasteiger partial charge in [0.1, 0.15) is 5.02 Å². The highest BCUT2D eigenvalue weighted by Gasteiger charge is 2.25. The number of fused-ring (bicyclic) bond motifs is 1. The van der Waals surface area contributed by atoms with Crippen molar-refractivity contribution in [3.05, 3.63) is 28.9 Å². The average molecular weight is 421 g/mol. The second-order valence-corrected chi connectivity index (χ2v) is 7.63. The number of aromatic nitrogens is 4. The van der Waals surface area contributed by atoms with E-state index in [1.807, 2.05) is 20.8 Å². The molecule has 2 heterocycles. The lowest BCUT2D eigenvalue weighted by molar-refractivity contribution is 0.186. The van der Waals surface area contributed by atoms with Crippen LogP contribution < -0.4 is 10.6 Å². The molecule has 0 atom stereocenters. The quantitative estimate of drug-likeness (QED) is 0.587. The van der Waals surface area contributed by atoms with Crippen LogP contribution in [-0.4, -0.2) is 46.2 Å². The Balaban J connectivity index is 2.06. The number of benzene rings is 1. The standard InChI is InChI=1S/C18H21ClN6O4/c1-18(2,3)13-12(19)15-22-14(24-25(15)23-13)9-6-10(20-16(26)28-4)8-11(7-9)21-17(27)29-5/h6-8H,1-5H3,(H,20,26)(H,21,27)(H,22,24). The number of ether oxygens (including phenoxy) is 2. The van der Waals surface area contributed by atoms with E-state index in [-0.39, 0.29) is 5.41 Å². The fourth-order valence-electron chi connectivity index (χ4n) is 2.65. The number of aromatic amines is 1.